The number of carbonyl (C=O) groups excluding carboxylic acids is 4. The van der Waals surface area contributed by atoms with Gasteiger partial charge in [0.25, 0.3) is 11.8 Å². The van der Waals surface area contributed by atoms with E-state index >= 15 is 0 Å². The van der Waals surface area contributed by atoms with E-state index in [0.29, 0.717) is 0 Å². The second-order valence-electron chi connectivity index (χ2n) is 4.94. The highest BCUT2D eigenvalue weighted by molar-refractivity contribution is 8.02. The van der Waals surface area contributed by atoms with E-state index in [1.165, 1.54) is 17.8 Å². The average Bonchev–Trinajstić information content (AvgIpc) is 2.70. The van der Waals surface area contributed by atoms with E-state index < -0.39 is 29.7 Å². The van der Waals surface area contributed by atoms with Gasteiger partial charge in [-0.1, -0.05) is 12.7 Å². The van der Waals surface area contributed by atoms with Crippen molar-refractivity contribution in [3.63, 3.8) is 0 Å². The Balaban J connectivity index is 2.37. The number of hydrogen-bond acceptors (Lipinski definition) is 5. The lowest BCUT2D eigenvalue weighted by atomic mass is 10.0. The van der Waals surface area contributed by atoms with E-state index in [1.54, 1.807) is 6.08 Å². The fraction of sp³-hybridized carbons (Fsp3) is 0.333. The Labute approximate surface area is 132 Å². The van der Waals surface area contributed by atoms with Gasteiger partial charge in [0.1, 0.15) is 6.04 Å². The predicted molar refractivity (Wildman–Crippen MR) is 82.5 cm³/mol. The van der Waals surface area contributed by atoms with Crippen molar-refractivity contribution < 1.29 is 19.2 Å². The molecule has 2 aliphatic rings. The number of piperidine rings is 1. The molecule has 0 aromatic carbocycles. The van der Waals surface area contributed by atoms with Gasteiger partial charge in [0, 0.05) is 6.42 Å². The maximum atomic E-state index is 12.5. The lowest BCUT2D eigenvalue weighted by molar-refractivity contribution is -0.149. The van der Waals surface area contributed by atoms with Gasteiger partial charge in [-0.2, -0.15) is 0 Å². The van der Waals surface area contributed by atoms with Gasteiger partial charge in [-0.15, -0.1) is 11.8 Å². The fourth-order valence-corrected chi connectivity index (χ4v) is 2.63. The minimum Gasteiger partial charge on any atom is -0.295 e. The number of amides is 4. The van der Waals surface area contributed by atoms with Crippen LogP contribution in [0.1, 0.15) is 19.8 Å². The predicted octanol–water partition coefficient (Wildman–Crippen LogP) is 0.910. The van der Waals surface area contributed by atoms with Crippen LogP contribution in [0.4, 0.5) is 0 Å². The Morgan fingerprint density at radius 3 is 2.45 bits per heavy atom. The quantitative estimate of drug-likeness (QED) is 0.779. The molecule has 1 fully saturated rings. The maximum Gasteiger partial charge on any atom is 0.262 e. The second kappa shape index (κ2) is 6.31. The number of thioether (sulfide) groups is 1. The molecule has 0 bridgehead atoms. The lowest BCUT2D eigenvalue weighted by Crippen LogP contribution is -2.54. The summed E-state index contributed by atoms with van der Waals surface area (Å²) in [5.74, 6) is -2.08. The van der Waals surface area contributed by atoms with Gasteiger partial charge in [0.15, 0.2) is 0 Å². The summed E-state index contributed by atoms with van der Waals surface area (Å²) in [5, 5.41) is 2.16. The molecule has 2 heterocycles. The summed E-state index contributed by atoms with van der Waals surface area (Å²) < 4.78 is 0. The standard InChI is InChI=1S/C15H16N2O4S/c1-4-9-10(7-8(2)22-3)15(21)17(14(9)20)11-5-6-12(18)16-13(11)19/h4,7,11H,1,5-6H2,2-3H3,(H,16,18,19)/b8-7+. The third-order valence-electron chi connectivity index (χ3n) is 3.58. The molecule has 6 nitrogen and oxygen atoms in total. The summed E-state index contributed by atoms with van der Waals surface area (Å²) in [5.41, 5.74) is 0.416. The highest BCUT2D eigenvalue weighted by Gasteiger charge is 2.44. The molecule has 1 N–H and O–H groups in total. The second-order valence-corrected chi connectivity index (χ2v) is 5.99. The van der Waals surface area contributed by atoms with E-state index in [1.807, 2.05) is 13.2 Å². The SMILES string of the molecule is C=CC1=C(/C=C(\C)SC)C(=O)N(C2CCC(=O)NC2=O)C1=O. The summed E-state index contributed by atoms with van der Waals surface area (Å²) in [6.07, 6.45) is 5.05. The lowest BCUT2D eigenvalue weighted by Gasteiger charge is -2.28. The van der Waals surface area contributed by atoms with Crippen LogP contribution in [0.15, 0.2) is 34.8 Å². The van der Waals surface area contributed by atoms with Crippen LogP contribution in [0.25, 0.3) is 0 Å². The molecular formula is C15H16N2O4S. The van der Waals surface area contributed by atoms with E-state index in [0.717, 1.165) is 9.81 Å². The molecular weight excluding hydrogens is 304 g/mol. The summed E-state index contributed by atoms with van der Waals surface area (Å²) >= 11 is 1.45. The molecule has 0 radical (unpaired) electrons. The van der Waals surface area contributed by atoms with Crippen molar-refractivity contribution in [1.82, 2.24) is 10.2 Å². The molecule has 1 saturated heterocycles. The molecule has 116 valence electrons. The zero-order valence-electron chi connectivity index (χ0n) is 12.3. The van der Waals surface area contributed by atoms with Crippen LogP contribution < -0.4 is 5.32 Å². The average molecular weight is 320 g/mol. The van der Waals surface area contributed by atoms with Gasteiger partial charge in [-0.3, -0.25) is 29.4 Å². The smallest absolute Gasteiger partial charge is 0.262 e. The molecule has 0 spiro atoms. The van der Waals surface area contributed by atoms with Crippen LogP contribution in [-0.4, -0.2) is 40.8 Å². The van der Waals surface area contributed by atoms with Crippen molar-refractivity contribution in [2.75, 3.05) is 6.26 Å². The topological polar surface area (TPSA) is 83.6 Å². The molecule has 2 rings (SSSR count). The van der Waals surface area contributed by atoms with Crippen LogP contribution in [0.5, 0.6) is 0 Å². The number of nitrogens with one attached hydrogen (secondary N) is 1. The van der Waals surface area contributed by atoms with Gasteiger partial charge >= 0.3 is 0 Å². The molecule has 0 aromatic rings. The number of rotatable bonds is 4. The highest BCUT2D eigenvalue weighted by atomic mass is 32.2. The van der Waals surface area contributed by atoms with Crippen LogP contribution in [-0.2, 0) is 19.2 Å². The first-order valence-corrected chi connectivity index (χ1v) is 7.93. The van der Waals surface area contributed by atoms with Crippen LogP contribution in [0, 0.1) is 0 Å². The van der Waals surface area contributed by atoms with Gasteiger partial charge in [-0.25, -0.2) is 0 Å². The van der Waals surface area contributed by atoms with Gasteiger partial charge in [0.05, 0.1) is 11.1 Å². The number of hydrogen-bond donors (Lipinski definition) is 1. The molecule has 22 heavy (non-hydrogen) atoms. The first-order valence-electron chi connectivity index (χ1n) is 6.71. The minimum atomic E-state index is -0.951. The Hall–Kier alpha value is -2.15. The van der Waals surface area contributed by atoms with Gasteiger partial charge < -0.3 is 0 Å². The molecule has 0 aromatic heterocycles. The molecule has 1 atom stereocenters. The molecule has 0 saturated carbocycles. The molecule has 2 aliphatic heterocycles. The number of allylic oxidation sites excluding steroid dienone is 1. The first kappa shape index (κ1) is 16.2. The van der Waals surface area contributed by atoms with Crippen molar-refractivity contribution in [3.05, 3.63) is 34.8 Å². The number of nitrogens with zero attached hydrogens (tertiary/aromatic N) is 1. The monoisotopic (exact) mass is 320 g/mol. The van der Waals surface area contributed by atoms with Crippen LogP contribution >= 0.6 is 11.8 Å². The van der Waals surface area contributed by atoms with Crippen LogP contribution in [0.3, 0.4) is 0 Å². The van der Waals surface area contributed by atoms with E-state index in [9.17, 15) is 19.2 Å². The Bertz CT molecular complexity index is 648. The highest BCUT2D eigenvalue weighted by Crippen LogP contribution is 2.29. The summed E-state index contributed by atoms with van der Waals surface area (Å²) in [4.78, 5) is 49.9. The zero-order chi connectivity index (χ0) is 16.4. The maximum absolute atomic E-state index is 12.5. The number of carbonyl (C=O) groups is 4. The third kappa shape index (κ3) is 2.76. The first-order chi connectivity index (χ1) is 10.4. The summed E-state index contributed by atoms with van der Waals surface area (Å²) in [7, 11) is 0. The summed E-state index contributed by atoms with van der Waals surface area (Å²) in [6.45, 7) is 5.40. The van der Waals surface area contributed by atoms with E-state index in [4.69, 9.17) is 0 Å². The van der Waals surface area contributed by atoms with E-state index in [-0.39, 0.29) is 24.0 Å². The van der Waals surface area contributed by atoms with Crippen LogP contribution in [0.2, 0.25) is 0 Å². The Morgan fingerprint density at radius 1 is 1.27 bits per heavy atom. The molecule has 1 unspecified atom stereocenters. The van der Waals surface area contributed by atoms with Gasteiger partial charge in [0.2, 0.25) is 11.8 Å². The zero-order valence-corrected chi connectivity index (χ0v) is 13.2. The van der Waals surface area contributed by atoms with Gasteiger partial charge in [-0.05, 0) is 30.6 Å². The fourth-order valence-electron chi connectivity index (χ4n) is 2.39. The van der Waals surface area contributed by atoms with Crippen molar-refractivity contribution in [2.45, 2.75) is 25.8 Å². The van der Waals surface area contributed by atoms with Crippen molar-refractivity contribution in [3.8, 4) is 0 Å². The van der Waals surface area contributed by atoms with Crippen molar-refractivity contribution in [2.24, 2.45) is 0 Å². The minimum absolute atomic E-state index is 0.103. The molecule has 7 heteroatoms. The van der Waals surface area contributed by atoms with Crippen molar-refractivity contribution in [1.29, 1.82) is 0 Å². The van der Waals surface area contributed by atoms with E-state index in [2.05, 4.69) is 11.9 Å². The van der Waals surface area contributed by atoms with Crippen molar-refractivity contribution >= 4 is 35.4 Å². The summed E-state index contributed by atoms with van der Waals surface area (Å²) in [6, 6.07) is -0.951. The third-order valence-corrected chi connectivity index (χ3v) is 4.35. The Morgan fingerprint density at radius 2 is 1.91 bits per heavy atom. The largest absolute Gasteiger partial charge is 0.295 e. The number of imide groups is 2. The normalized spacial score (nSPS) is 23.3. The Kier molecular flexibility index (Phi) is 4.65. The molecule has 0 aliphatic carbocycles. The molecule has 4 amide bonds.